The Hall–Kier alpha value is -3.60. The van der Waals surface area contributed by atoms with Crippen molar-refractivity contribution in [1.82, 2.24) is 10.4 Å². The van der Waals surface area contributed by atoms with Crippen LogP contribution in [-0.2, 0) is 4.79 Å². The summed E-state index contributed by atoms with van der Waals surface area (Å²) in [4.78, 5) is 17.0. The molecular weight excluding hydrogens is 350 g/mol. The summed E-state index contributed by atoms with van der Waals surface area (Å²) in [6.07, 6.45) is 0. The molecule has 3 aromatic carbocycles. The van der Waals surface area contributed by atoms with Gasteiger partial charge in [0, 0.05) is 10.8 Å². The van der Waals surface area contributed by atoms with Crippen molar-refractivity contribution >= 4 is 33.4 Å². The average Bonchev–Trinajstić information content (AvgIpc) is 2.71. The maximum atomic E-state index is 12.3. The van der Waals surface area contributed by atoms with E-state index < -0.39 is 0 Å². The van der Waals surface area contributed by atoms with Gasteiger partial charge >= 0.3 is 0 Å². The number of hydrogen-bond donors (Lipinski definition) is 2. The maximum absolute atomic E-state index is 12.3. The Morgan fingerprint density at radius 3 is 2.25 bits per heavy atom. The molecule has 0 saturated heterocycles. The van der Waals surface area contributed by atoms with Crippen molar-refractivity contribution < 1.29 is 9.53 Å². The van der Waals surface area contributed by atoms with Gasteiger partial charge in [-0.25, -0.2) is 4.98 Å². The fourth-order valence-corrected chi connectivity index (χ4v) is 3.15. The van der Waals surface area contributed by atoms with Crippen LogP contribution in [-0.4, -0.2) is 17.5 Å². The monoisotopic (exact) mass is 371 g/mol. The largest absolute Gasteiger partial charge is 0.483 e. The molecule has 4 aromatic rings. The molecule has 5 heteroatoms. The van der Waals surface area contributed by atoms with Crippen LogP contribution in [0.4, 0.5) is 5.69 Å². The zero-order valence-corrected chi connectivity index (χ0v) is 15.8. The highest BCUT2D eigenvalue weighted by molar-refractivity contribution is 6.07. The summed E-state index contributed by atoms with van der Waals surface area (Å²) in [6.45, 7) is 3.88. The highest BCUT2D eigenvalue weighted by Gasteiger charge is 2.10. The van der Waals surface area contributed by atoms with Gasteiger partial charge in [0.05, 0.1) is 16.7 Å². The number of anilines is 1. The minimum Gasteiger partial charge on any atom is -0.483 e. The first-order valence-corrected chi connectivity index (χ1v) is 9.14. The standard InChI is InChI=1S/C23H21N3O2/c1-15-11-12-16(2)21(13-15)28-14-22(27)25-26-23-17-7-3-5-9-19(17)24-20-10-6-4-8-18(20)23/h3-13H,14H2,1-2H3,(H,24,26)(H,25,27). The number of rotatable bonds is 5. The van der Waals surface area contributed by atoms with Crippen LogP contribution in [0, 0.1) is 13.8 Å². The van der Waals surface area contributed by atoms with Crippen LogP contribution in [0.5, 0.6) is 5.75 Å². The maximum Gasteiger partial charge on any atom is 0.276 e. The molecular formula is C23H21N3O2. The number of hydrazine groups is 1. The van der Waals surface area contributed by atoms with E-state index in [1.807, 2.05) is 80.6 Å². The van der Waals surface area contributed by atoms with E-state index >= 15 is 0 Å². The first kappa shape index (κ1) is 17.8. The van der Waals surface area contributed by atoms with Gasteiger partial charge in [-0.1, -0.05) is 48.5 Å². The molecule has 4 rings (SSSR count). The number of nitrogens with one attached hydrogen (secondary N) is 2. The molecule has 5 nitrogen and oxygen atoms in total. The Kier molecular flexibility index (Phi) is 4.81. The number of aryl methyl sites for hydroxylation is 2. The normalized spacial score (nSPS) is 10.8. The first-order chi connectivity index (χ1) is 13.6. The molecule has 140 valence electrons. The zero-order valence-electron chi connectivity index (χ0n) is 15.8. The second-order valence-electron chi connectivity index (χ2n) is 6.75. The Labute approximate surface area is 163 Å². The summed E-state index contributed by atoms with van der Waals surface area (Å²) in [5, 5.41) is 1.88. The predicted molar refractivity (Wildman–Crippen MR) is 112 cm³/mol. The van der Waals surface area contributed by atoms with E-state index in [1.54, 1.807) is 0 Å². The number of nitrogens with zero attached hydrogens (tertiary/aromatic N) is 1. The predicted octanol–water partition coefficient (Wildman–Crippen LogP) is 4.53. The Balaban J connectivity index is 1.53. The first-order valence-electron chi connectivity index (χ1n) is 9.14. The smallest absolute Gasteiger partial charge is 0.276 e. The second kappa shape index (κ2) is 7.56. The number of fused-ring (bicyclic) bond motifs is 2. The third kappa shape index (κ3) is 3.60. The van der Waals surface area contributed by atoms with E-state index in [1.165, 1.54) is 0 Å². The van der Waals surface area contributed by atoms with Crippen LogP contribution in [0.15, 0.2) is 66.7 Å². The Bertz CT molecular complexity index is 1120. The Morgan fingerprint density at radius 2 is 1.57 bits per heavy atom. The fourth-order valence-electron chi connectivity index (χ4n) is 3.15. The average molecular weight is 371 g/mol. The van der Waals surface area contributed by atoms with Crippen molar-refractivity contribution in [2.24, 2.45) is 0 Å². The number of aromatic nitrogens is 1. The van der Waals surface area contributed by atoms with Gasteiger partial charge in [0.2, 0.25) is 0 Å². The van der Waals surface area contributed by atoms with Crippen molar-refractivity contribution in [3.8, 4) is 5.75 Å². The van der Waals surface area contributed by atoms with Crippen molar-refractivity contribution in [2.45, 2.75) is 13.8 Å². The molecule has 0 saturated carbocycles. The highest BCUT2D eigenvalue weighted by Crippen LogP contribution is 2.29. The van der Waals surface area contributed by atoms with Crippen LogP contribution < -0.4 is 15.6 Å². The third-order valence-corrected chi connectivity index (χ3v) is 4.62. The van der Waals surface area contributed by atoms with E-state index in [2.05, 4.69) is 15.8 Å². The molecule has 0 aliphatic carbocycles. The summed E-state index contributed by atoms with van der Waals surface area (Å²) < 4.78 is 5.68. The topological polar surface area (TPSA) is 63.2 Å². The number of para-hydroxylation sites is 2. The SMILES string of the molecule is Cc1ccc(C)c(OCC(=O)NNc2c3ccccc3nc3ccccc23)c1. The van der Waals surface area contributed by atoms with Crippen molar-refractivity contribution in [1.29, 1.82) is 0 Å². The molecule has 1 amide bonds. The molecule has 0 aliphatic heterocycles. The molecule has 2 N–H and O–H groups in total. The summed E-state index contributed by atoms with van der Waals surface area (Å²) in [7, 11) is 0. The van der Waals surface area contributed by atoms with Gasteiger partial charge in [-0.2, -0.15) is 0 Å². The summed E-state index contributed by atoms with van der Waals surface area (Å²) in [5.74, 6) is 0.459. The van der Waals surface area contributed by atoms with Crippen LogP contribution in [0.3, 0.4) is 0 Å². The van der Waals surface area contributed by atoms with E-state index in [-0.39, 0.29) is 12.5 Å². The molecule has 0 atom stereocenters. The minimum absolute atomic E-state index is 0.0712. The highest BCUT2D eigenvalue weighted by atomic mass is 16.5. The number of carbonyl (C=O) groups is 1. The van der Waals surface area contributed by atoms with E-state index in [9.17, 15) is 4.79 Å². The van der Waals surface area contributed by atoms with Crippen molar-refractivity contribution in [3.05, 3.63) is 77.9 Å². The van der Waals surface area contributed by atoms with Crippen molar-refractivity contribution in [2.75, 3.05) is 12.0 Å². The molecule has 0 spiro atoms. The lowest BCUT2D eigenvalue weighted by molar-refractivity contribution is -0.122. The molecule has 0 fully saturated rings. The van der Waals surface area contributed by atoms with Gasteiger partial charge in [-0.05, 0) is 43.2 Å². The lowest BCUT2D eigenvalue weighted by Gasteiger charge is -2.15. The van der Waals surface area contributed by atoms with Gasteiger partial charge in [0.15, 0.2) is 6.61 Å². The lowest BCUT2D eigenvalue weighted by Crippen LogP contribution is -2.33. The van der Waals surface area contributed by atoms with Crippen LogP contribution in [0.25, 0.3) is 21.8 Å². The van der Waals surface area contributed by atoms with E-state index in [4.69, 9.17) is 4.74 Å². The van der Waals surface area contributed by atoms with Gasteiger partial charge in [-0.3, -0.25) is 15.6 Å². The number of benzene rings is 3. The van der Waals surface area contributed by atoms with Gasteiger partial charge in [-0.15, -0.1) is 0 Å². The van der Waals surface area contributed by atoms with Crippen LogP contribution in [0.1, 0.15) is 11.1 Å². The molecule has 0 aliphatic rings. The minimum atomic E-state index is -0.258. The van der Waals surface area contributed by atoms with Gasteiger partial charge in [0.25, 0.3) is 5.91 Å². The van der Waals surface area contributed by atoms with E-state index in [0.29, 0.717) is 0 Å². The lowest BCUT2D eigenvalue weighted by atomic mass is 10.1. The van der Waals surface area contributed by atoms with Crippen LogP contribution >= 0.6 is 0 Å². The van der Waals surface area contributed by atoms with Gasteiger partial charge < -0.3 is 4.74 Å². The van der Waals surface area contributed by atoms with Gasteiger partial charge in [0.1, 0.15) is 5.75 Å². The second-order valence-corrected chi connectivity index (χ2v) is 6.75. The summed E-state index contributed by atoms with van der Waals surface area (Å²) in [6, 6.07) is 21.6. The third-order valence-electron chi connectivity index (χ3n) is 4.62. The number of pyridine rings is 1. The molecule has 1 heterocycles. The zero-order chi connectivity index (χ0) is 19.5. The summed E-state index contributed by atoms with van der Waals surface area (Å²) >= 11 is 0. The van der Waals surface area contributed by atoms with Crippen LogP contribution in [0.2, 0.25) is 0 Å². The number of amides is 1. The Morgan fingerprint density at radius 1 is 0.929 bits per heavy atom. The molecule has 28 heavy (non-hydrogen) atoms. The quantitative estimate of drug-likeness (QED) is 0.400. The van der Waals surface area contributed by atoms with E-state index in [0.717, 1.165) is 44.4 Å². The fraction of sp³-hybridized carbons (Fsp3) is 0.130. The summed E-state index contributed by atoms with van der Waals surface area (Å²) in [5.41, 5.74) is 10.5. The number of carbonyl (C=O) groups excluding carboxylic acids is 1. The van der Waals surface area contributed by atoms with Crippen molar-refractivity contribution in [3.63, 3.8) is 0 Å². The molecule has 0 unspecified atom stereocenters. The number of ether oxygens (including phenoxy) is 1. The molecule has 0 radical (unpaired) electrons. The molecule has 1 aromatic heterocycles. The molecule has 0 bridgehead atoms. The number of hydrogen-bond acceptors (Lipinski definition) is 4.